The molecule has 1 aliphatic rings. The third kappa shape index (κ3) is 4.32. The highest BCUT2D eigenvalue weighted by atomic mass is 16.3. The molecule has 21 heavy (non-hydrogen) atoms. The normalized spacial score (nSPS) is 16.8. The number of hydrogen-bond donors (Lipinski definition) is 1. The van der Waals surface area contributed by atoms with E-state index in [1.54, 1.807) is 7.05 Å². The van der Waals surface area contributed by atoms with Gasteiger partial charge in [0.05, 0.1) is 19.6 Å². The van der Waals surface area contributed by atoms with Gasteiger partial charge in [-0.25, -0.2) is 0 Å². The highest BCUT2D eigenvalue weighted by Crippen LogP contribution is 2.14. The van der Waals surface area contributed by atoms with Gasteiger partial charge in [-0.15, -0.1) is 0 Å². The van der Waals surface area contributed by atoms with E-state index >= 15 is 0 Å². The summed E-state index contributed by atoms with van der Waals surface area (Å²) in [5.74, 6) is 1.43. The van der Waals surface area contributed by atoms with Crippen molar-refractivity contribution in [3.8, 4) is 0 Å². The summed E-state index contributed by atoms with van der Waals surface area (Å²) in [6.07, 6.45) is 0. The SMILES string of the molecule is CN1CC(=O)N(Cc2ccc(CNC(C)(C)C)o2)CC1=O. The van der Waals surface area contributed by atoms with Gasteiger partial charge < -0.3 is 19.5 Å². The van der Waals surface area contributed by atoms with E-state index in [2.05, 4.69) is 26.1 Å². The summed E-state index contributed by atoms with van der Waals surface area (Å²) in [6.45, 7) is 7.50. The summed E-state index contributed by atoms with van der Waals surface area (Å²) < 4.78 is 5.71. The smallest absolute Gasteiger partial charge is 0.243 e. The maximum atomic E-state index is 11.9. The van der Waals surface area contributed by atoms with Crippen molar-refractivity contribution < 1.29 is 14.0 Å². The number of rotatable bonds is 4. The molecule has 0 saturated carbocycles. The van der Waals surface area contributed by atoms with Gasteiger partial charge in [0, 0.05) is 12.6 Å². The fraction of sp³-hybridized carbons (Fsp3) is 0.600. The lowest BCUT2D eigenvalue weighted by molar-refractivity contribution is -0.149. The Morgan fingerprint density at radius 3 is 2.48 bits per heavy atom. The van der Waals surface area contributed by atoms with Gasteiger partial charge in [0.25, 0.3) is 0 Å². The van der Waals surface area contributed by atoms with Crippen molar-refractivity contribution in [2.75, 3.05) is 20.1 Å². The molecule has 6 heteroatoms. The van der Waals surface area contributed by atoms with E-state index < -0.39 is 0 Å². The molecule has 0 aliphatic carbocycles. The molecule has 0 bridgehead atoms. The number of nitrogens with one attached hydrogen (secondary N) is 1. The number of carbonyl (C=O) groups excluding carboxylic acids is 2. The summed E-state index contributed by atoms with van der Waals surface area (Å²) in [5, 5.41) is 3.34. The molecule has 0 atom stereocenters. The van der Waals surface area contributed by atoms with Gasteiger partial charge in [-0.2, -0.15) is 0 Å². The number of amides is 2. The van der Waals surface area contributed by atoms with E-state index in [0.29, 0.717) is 18.8 Å². The first kappa shape index (κ1) is 15.6. The van der Waals surface area contributed by atoms with E-state index in [9.17, 15) is 9.59 Å². The van der Waals surface area contributed by atoms with Crippen LogP contribution in [0.3, 0.4) is 0 Å². The minimum atomic E-state index is -0.0529. The van der Waals surface area contributed by atoms with Crippen LogP contribution in [0.4, 0.5) is 0 Å². The van der Waals surface area contributed by atoms with Crippen molar-refractivity contribution >= 4 is 11.8 Å². The van der Waals surface area contributed by atoms with Crippen molar-refractivity contribution in [2.24, 2.45) is 0 Å². The molecule has 1 aromatic rings. The standard InChI is InChI=1S/C15H23N3O3/c1-15(2,3)16-7-11-5-6-12(21-11)8-18-10-13(19)17(4)9-14(18)20/h5-6,16H,7-10H2,1-4H3. The first-order valence-corrected chi connectivity index (χ1v) is 7.09. The number of nitrogens with zero attached hydrogens (tertiary/aromatic N) is 2. The highest BCUT2D eigenvalue weighted by Gasteiger charge is 2.28. The van der Waals surface area contributed by atoms with E-state index in [4.69, 9.17) is 4.42 Å². The Morgan fingerprint density at radius 1 is 1.14 bits per heavy atom. The van der Waals surface area contributed by atoms with Crippen molar-refractivity contribution in [1.82, 2.24) is 15.1 Å². The number of hydrogen-bond acceptors (Lipinski definition) is 4. The van der Waals surface area contributed by atoms with Gasteiger partial charge in [-0.3, -0.25) is 9.59 Å². The molecule has 0 aromatic carbocycles. The fourth-order valence-corrected chi connectivity index (χ4v) is 2.05. The van der Waals surface area contributed by atoms with Crippen LogP contribution in [-0.2, 0) is 22.7 Å². The molecule has 1 saturated heterocycles. The van der Waals surface area contributed by atoms with Gasteiger partial charge in [0.15, 0.2) is 0 Å². The van der Waals surface area contributed by atoms with Crippen molar-refractivity contribution in [3.05, 3.63) is 23.7 Å². The van der Waals surface area contributed by atoms with Crippen LogP contribution in [0.1, 0.15) is 32.3 Å². The molecule has 0 radical (unpaired) electrons. The second kappa shape index (κ2) is 5.89. The van der Waals surface area contributed by atoms with Crippen LogP contribution in [-0.4, -0.2) is 47.3 Å². The lowest BCUT2D eigenvalue weighted by Crippen LogP contribution is -2.51. The number of piperazine rings is 1. The maximum absolute atomic E-state index is 11.9. The van der Waals surface area contributed by atoms with Crippen LogP contribution in [0.25, 0.3) is 0 Å². The van der Waals surface area contributed by atoms with Gasteiger partial charge >= 0.3 is 0 Å². The van der Waals surface area contributed by atoms with Gasteiger partial charge in [0.2, 0.25) is 11.8 Å². The van der Waals surface area contributed by atoms with Crippen LogP contribution < -0.4 is 5.32 Å². The van der Waals surface area contributed by atoms with E-state index in [0.717, 1.165) is 5.76 Å². The second-order valence-electron chi connectivity index (χ2n) is 6.47. The molecule has 116 valence electrons. The summed E-state index contributed by atoms with van der Waals surface area (Å²) in [7, 11) is 1.64. The quantitative estimate of drug-likeness (QED) is 0.898. The molecular formula is C15H23N3O3. The third-order valence-corrected chi connectivity index (χ3v) is 3.33. The Bertz CT molecular complexity index is 531. The van der Waals surface area contributed by atoms with Crippen LogP contribution in [0.2, 0.25) is 0 Å². The molecular weight excluding hydrogens is 270 g/mol. The van der Waals surface area contributed by atoms with Crippen molar-refractivity contribution in [3.63, 3.8) is 0 Å². The zero-order valence-corrected chi connectivity index (χ0v) is 13.1. The Kier molecular flexibility index (Phi) is 4.37. The predicted octanol–water partition coefficient (Wildman–Crippen LogP) is 0.968. The Balaban J connectivity index is 1.93. The molecule has 0 spiro atoms. The van der Waals surface area contributed by atoms with E-state index in [1.165, 1.54) is 9.80 Å². The zero-order valence-electron chi connectivity index (χ0n) is 13.1. The number of carbonyl (C=O) groups is 2. The molecule has 0 unspecified atom stereocenters. The number of likely N-dealkylation sites (N-methyl/N-ethyl adjacent to an activating group) is 1. The minimum absolute atomic E-state index is 0.0206. The molecule has 2 heterocycles. The van der Waals surface area contributed by atoms with Gasteiger partial charge in [-0.05, 0) is 32.9 Å². The third-order valence-electron chi connectivity index (χ3n) is 3.33. The number of furan rings is 1. The van der Waals surface area contributed by atoms with Crippen LogP contribution >= 0.6 is 0 Å². The molecule has 1 N–H and O–H groups in total. The minimum Gasteiger partial charge on any atom is -0.463 e. The summed E-state index contributed by atoms with van der Waals surface area (Å²) in [4.78, 5) is 26.5. The van der Waals surface area contributed by atoms with E-state index in [1.807, 2.05) is 12.1 Å². The first-order valence-electron chi connectivity index (χ1n) is 7.09. The second-order valence-corrected chi connectivity index (χ2v) is 6.47. The lowest BCUT2D eigenvalue weighted by Gasteiger charge is -2.31. The topological polar surface area (TPSA) is 65.8 Å². The average molecular weight is 293 g/mol. The molecule has 2 amide bonds. The van der Waals surface area contributed by atoms with Gasteiger partial charge in [0.1, 0.15) is 18.1 Å². The molecule has 1 fully saturated rings. The summed E-state index contributed by atoms with van der Waals surface area (Å²) in [6, 6.07) is 3.76. The fourth-order valence-electron chi connectivity index (χ4n) is 2.05. The molecule has 6 nitrogen and oxygen atoms in total. The summed E-state index contributed by atoms with van der Waals surface area (Å²) >= 11 is 0. The average Bonchev–Trinajstić information content (AvgIpc) is 2.80. The Morgan fingerprint density at radius 2 is 1.81 bits per heavy atom. The van der Waals surface area contributed by atoms with Crippen molar-refractivity contribution in [1.29, 1.82) is 0 Å². The largest absolute Gasteiger partial charge is 0.463 e. The van der Waals surface area contributed by atoms with E-state index in [-0.39, 0.29) is 30.4 Å². The van der Waals surface area contributed by atoms with Crippen LogP contribution in [0.5, 0.6) is 0 Å². The van der Waals surface area contributed by atoms with Gasteiger partial charge in [-0.1, -0.05) is 0 Å². The lowest BCUT2D eigenvalue weighted by atomic mass is 10.1. The zero-order chi connectivity index (χ0) is 15.6. The van der Waals surface area contributed by atoms with Crippen LogP contribution in [0.15, 0.2) is 16.5 Å². The predicted molar refractivity (Wildman–Crippen MR) is 78.4 cm³/mol. The first-order chi connectivity index (χ1) is 9.74. The van der Waals surface area contributed by atoms with Crippen molar-refractivity contribution in [2.45, 2.75) is 39.4 Å². The monoisotopic (exact) mass is 293 g/mol. The molecule has 1 aliphatic heterocycles. The Labute approximate surface area is 125 Å². The Hall–Kier alpha value is -1.82. The summed E-state index contributed by atoms with van der Waals surface area (Å²) in [5.41, 5.74) is 0.0206. The molecule has 1 aromatic heterocycles. The highest BCUT2D eigenvalue weighted by molar-refractivity contribution is 5.92. The van der Waals surface area contributed by atoms with Crippen LogP contribution in [0, 0.1) is 0 Å². The maximum Gasteiger partial charge on any atom is 0.243 e. The molecule has 2 rings (SSSR count).